The molecule has 0 aliphatic carbocycles. The minimum absolute atomic E-state index is 0.123. The average Bonchev–Trinajstić information content (AvgIpc) is 2.65. The highest BCUT2D eigenvalue weighted by molar-refractivity contribution is 7.92. The molecule has 10 heteroatoms. The summed E-state index contributed by atoms with van der Waals surface area (Å²) in [7, 11) is -0.714. The Morgan fingerprint density at radius 2 is 1.83 bits per heavy atom. The van der Waals surface area contributed by atoms with Crippen LogP contribution in [0.15, 0.2) is 36.4 Å². The topological polar surface area (TPSA) is 84.9 Å². The summed E-state index contributed by atoms with van der Waals surface area (Å²) in [5, 5.41) is 3.26. The third-order valence-electron chi connectivity index (χ3n) is 4.15. The summed E-state index contributed by atoms with van der Waals surface area (Å²) in [5.41, 5.74) is 0.857. The molecule has 2 aromatic carbocycles. The van der Waals surface area contributed by atoms with Gasteiger partial charge in [0.25, 0.3) is 0 Å². The Morgan fingerprint density at radius 3 is 2.38 bits per heavy atom. The van der Waals surface area contributed by atoms with Crippen molar-refractivity contribution in [3.05, 3.63) is 52.0 Å². The number of amides is 1. The number of rotatable bonds is 8. The third kappa shape index (κ3) is 5.91. The van der Waals surface area contributed by atoms with Gasteiger partial charge in [0.15, 0.2) is 0 Å². The van der Waals surface area contributed by atoms with Crippen molar-refractivity contribution in [2.75, 3.05) is 31.3 Å². The highest BCUT2D eigenvalue weighted by Gasteiger charge is 2.24. The Bertz CT molecular complexity index is 998. The van der Waals surface area contributed by atoms with E-state index in [2.05, 4.69) is 5.32 Å². The molecule has 29 heavy (non-hydrogen) atoms. The Hall–Kier alpha value is -2.16. The van der Waals surface area contributed by atoms with Gasteiger partial charge in [-0.3, -0.25) is 9.10 Å². The fourth-order valence-corrected chi connectivity index (χ4v) is 4.17. The van der Waals surface area contributed by atoms with E-state index in [0.717, 1.165) is 10.6 Å². The summed E-state index contributed by atoms with van der Waals surface area (Å²) < 4.78 is 36.0. The number of benzene rings is 2. The van der Waals surface area contributed by atoms with Crippen LogP contribution in [0.25, 0.3) is 0 Å². The lowest BCUT2D eigenvalue weighted by Crippen LogP contribution is -2.41. The quantitative estimate of drug-likeness (QED) is 0.649. The number of halogens is 2. The van der Waals surface area contributed by atoms with Crippen LogP contribution in [0, 0.1) is 0 Å². The summed E-state index contributed by atoms with van der Waals surface area (Å²) in [4.78, 5) is 12.6. The van der Waals surface area contributed by atoms with E-state index in [9.17, 15) is 13.2 Å². The lowest BCUT2D eigenvalue weighted by Gasteiger charge is -2.24. The maximum Gasteiger partial charge on any atom is 0.241 e. The largest absolute Gasteiger partial charge is 0.497 e. The van der Waals surface area contributed by atoms with Crippen molar-refractivity contribution in [3.63, 3.8) is 0 Å². The van der Waals surface area contributed by atoms with Gasteiger partial charge in [0.1, 0.15) is 18.0 Å². The third-order valence-corrected chi connectivity index (χ3v) is 5.81. The SMILES string of the molecule is COc1ccc(OC)c([C@H](C)NC(=O)CN(c2ccc(Cl)cc2Cl)S(C)(=O)=O)c1. The summed E-state index contributed by atoms with van der Waals surface area (Å²) >= 11 is 12.0. The monoisotopic (exact) mass is 460 g/mol. The van der Waals surface area contributed by atoms with E-state index in [4.69, 9.17) is 32.7 Å². The van der Waals surface area contributed by atoms with Gasteiger partial charge in [-0.25, -0.2) is 8.42 Å². The van der Waals surface area contributed by atoms with E-state index in [0.29, 0.717) is 22.1 Å². The molecule has 2 aromatic rings. The van der Waals surface area contributed by atoms with Crippen LogP contribution in [0.4, 0.5) is 5.69 Å². The lowest BCUT2D eigenvalue weighted by molar-refractivity contribution is -0.120. The van der Waals surface area contributed by atoms with Gasteiger partial charge in [-0.2, -0.15) is 0 Å². The fraction of sp³-hybridized carbons (Fsp3) is 0.316. The molecule has 0 aliphatic rings. The molecule has 0 fully saturated rings. The first kappa shape index (κ1) is 23.1. The number of sulfonamides is 1. The van der Waals surface area contributed by atoms with Gasteiger partial charge in [0, 0.05) is 10.6 Å². The molecule has 1 N–H and O–H groups in total. The standard InChI is InChI=1S/C19H22Cl2N2O5S/c1-12(15-10-14(27-2)6-8-18(15)28-3)22-19(24)11-23(29(4,25)26)17-7-5-13(20)9-16(17)21/h5-10,12H,11H2,1-4H3,(H,22,24)/t12-/m0/s1. The maximum atomic E-state index is 12.6. The molecule has 0 spiro atoms. The number of hydrogen-bond donors (Lipinski definition) is 1. The molecule has 0 aromatic heterocycles. The number of nitrogens with zero attached hydrogens (tertiary/aromatic N) is 1. The molecule has 0 aliphatic heterocycles. The van der Waals surface area contributed by atoms with Crippen LogP contribution in [-0.4, -0.2) is 41.3 Å². The van der Waals surface area contributed by atoms with E-state index in [1.807, 2.05) is 0 Å². The number of carbonyl (C=O) groups excluding carboxylic acids is 1. The van der Waals surface area contributed by atoms with E-state index in [-0.39, 0.29) is 10.7 Å². The fourth-order valence-electron chi connectivity index (χ4n) is 2.74. The first-order valence-corrected chi connectivity index (χ1v) is 11.1. The molecule has 0 unspecified atom stereocenters. The minimum Gasteiger partial charge on any atom is -0.497 e. The van der Waals surface area contributed by atoms with Gasteiger partial charge >= 0.3 is 0 Å². The van der Waals surface area contributed by atoms with Gasteiger partial charge in [0.2, 0.25) is 15.9 Å². The Morgan fingerprint density at radius 1 is 1.14 bits per heavy atom. The van der Waals surface area contributed by atoms with Crippen LogP contribution < -0.4 is 19.1 Å². The molecule has 1 atom stereocenters. The second kappa shape index (κ2) is 9.56. The van der Waals surface area contributed by atoms with Gasteiger partial charge in [0.05, 0.1) is 37.2 Å². The predicted octanol–water partition coefficient (Wildman–Crippen LogP) is 3.65. The molecule has 0 saturated carbocycles. The minimum atomic E-state index is -3.77. The smallest absolute Gasteiger partial charge is 0.241 e. The van der Waals surface area contributed by atoms with Crippen LogP contribution in [0.1, 0.15) is 18.5 Å². The molecule has 158 valence electrons. The molecule has 2 rings (SSSR count). The van der Waals surface area contributed by atoms with E-state index < -0.39 is 28.5 Å². The van der Waals surface area contributed by atoms with Crippen molar-refractivity contribution in [2.24, 2.45) is 0 Å². The van der Waals surface area contributed by atoms with Crippen molar-refractivity contribution >= 4 is 44.8 Å². The number of hydrogen-bond acceptors (Lipinski definition) is 5. The zero-order valence-corrected chi connectivity index (χ0v) is 18.7. The number of anilines is 1. The van der Waals surface area contributed by atoms with Crippen LogP contribution >= 0.6 is 23.2 Å². The second-order valence-corrected chi connectivity index (χ2v) is 9.01. The van der Waals surface area contributed by atoms with Crippen molar-refractivity contribution in [2.45, 2.75) is 13.0 Å². The van der Waals surface area contributed by atoms with Crippen molar-refractivity contribution in [1.82, 2.24) is 5.32 Å². The van der Waals surface area contributed by atoms with Crippen LogP contribution in [-0.2, 0) is 14.8 Å². The Kier molecular flexibility index (Phi) is 7.62. The maximum absolute atomic E-state index is 12.6. The van der Waals surface area contributed by atoms with Gasteiger partial charge in [-0.1, -0.05) is 23.2 Å². The first-order valence-electron chi connectivity index (χ1n) is 8.51. The summed E-state index contributed by atoms with van der Waals surface area (Å²) in [6.07, 6.45) is 1.000. The second-order valence-electron chi connectivity index (χ2n) is 6.26. The zero-order valence-electron chi connectivity index (χ0n) is 16.4. The first-order chi connectivity index (χ1) is 13.6. The number of methoxy groups -OCH3 is 2. The summed E-state index contributed by atoms with van der Waals surface area (Å²) in [6, 6.07) is 9.12. The Labute approximate surface area is 180 Å². The van der Waals surface area contributed by atoms with Gasteiger partial charge in [-0.05, 0) is 43.3 Å². The summed E-state index contributed by atoms with van der Waals surface area (Å²) in [6.45, 7) is 1.31. The highest BCUT2D eigenvalue weighted by Crippen LogP contribution is 2.31. The van der Waals surface area contributed by atoms with E-state index in [1.165, 1.54) is 32.4 Å². The molecule has 0 bridgehead atoms. The number of carbonyl (C=O) groups is 1. The van der Waals surface area contributed by atoms with Crippen LogP contribution in [0.3, 0.4) is 0 Å². The molecule has 0 saturated heterocycles. The predicted molar refractivity (Wildman–Crippen MR) is 115 cm³/mol. The summed E-state index contributed by atoms with van der Waals surface area (Å²) in [5.74, 6) is 0.658. The lowest BCUT2D eigenvalue weighted by atomic mass is 10.1. The van der Waals surface area contributed by atoms with Crippen molar-refractivity contribution in [3.8, 4) is 11.5 Å². The molecular formula is C19H22Cl2N2O5S. The van der Waals surface area contributed by atoms with Crippen LogP contribution in [0.2, 0.25) is 10.0 Å². The molecule has 0 heterocycles. The zero-order chi connectivity index (χ0) is 21.8. The van der Waals surface area contributed by atoms with Crippen molar-refractivity contribution in [1.29, 1.82) is 0 Å². The molecule has 7 nitrogen and oxygen atoms in total. The molecular weight excluding hydrogens is 439 g/mol. The number of nitrogens with one attached hydrogen (secondary N) is 1. The van der Waals surface area contributed by atoms with E-state index in [1.54, 1.807) is 25.1 Å². The Balaban J connectivity index is 2.25. The van der Waals surface area contributed by atoms with Crippen molar-refractivity contribution < 1.29 is 22.7 Å². The van der Waals surface area contributed by atoms with Crippen LogP contribution in [0.5, 0.6) is 11.5 Å². The average molecular weight is 461 g/mol. The number of ether oxygens (including phenoxy) is 2. The highest BCUT2D eigenvalue weighted by atomic mass is 35.5. The van der Waals surface area contributed by atoms with Gasteiger partial charge in [-0.15, -0.1) is 0 Å². The normalized spacial score (nSPS) is 12.2. The van der Waals surface area contributed by atoms with Gasteiger partial charge < -0.3 is 14.8 Å². The molecule has 0 radical (unpaired) electrons. The van der Waals surface area contributed by atoms with E-state index >= 15 is 0 Å². The molecule has 1 amide bonds.